The first kappa shape index (κ1) is 19.4. The van der Waals surface area contributed by atoms with Gasteiger partial charge in [0.25, 0.3) is 5.69 Å². The van der Waals surface area contributed by atoms with Gasteiger partial charge in [0.15, 0.2) is 5.78 Å². The Bertz CT molecular complexity index is 854. The van der Waals surface area contributed by atoms with Crippen LogP contribution in [0.15, 0.2) is 36.4 Å². The summed E-state index contributed by atoms with van der Waals surface area (Å²) in [6.45, 7) is 1.29. The van der Waals surface area contributed by atoms with Gasteiger partial charge in [0.05, 0.1) is 16.1 Å². The molecule has 0 unspecified atom stereocenters. The van der Waals surface area contributed by atoms with Gasteiger partial charge in [-0.05, 0) is 37.3 Å². The number of carbonyl (C=O) groups excluding carboxylic acids is 1. The number of nitro groups is 1. The second-order valence-electron chi connectivity index (χ2n) is 5.38. The second kappa shape index (κ2) is 6.43. The second-order valence-corrected chi connectivity index (χ2v) is 5.38. The van der Waals surface area contributed by atoms with Crippen LogP contribution in [0.3, 0.4) is 0 Å². The van der Waals surface area contributed by atoms with Gasteiger partial charge in [0.1, 0.15) is 0 Å². The normalized spacial score (nSPS) is 12.1. The molecule has 0 fully saturated rings. The Morgan fingerprint density at radius 3 is 1.77 bits per heavy atom. The third kappa shape index (κ3) is 4.01. The molecule has 0 radical (unpaired) electrons. The highest BCUT2D eigenvalue weighted by Gasteiger charge is 2.37. The molecule has 0 aliphatic heterocycles. The van der Waals surface area contributed by atoms with Crippen molar-refractivity contribution in [3.8, 4) is 0 Å². The molecule has 26 heavy (non-hydrogen) atoms. The van der Waals surface area contributed by atoms with E-state index in [0.717, 1.165) is 18.2 Å². The quantitative estimate of drug-likeness (QED) is 0.321. The highest BCUT2D eigenvalue weighted by atomic mass is 19.4. The summed E-state index contributed by atoms with van der Waals surface area (Å²) < 4.78 is 77.1. The smallest absolute Gasteiger partial charge is 0.289 e. The molecule has 2 aromatic carbocycles. The Morgan fingerprint density at radius 1 is 0.885 bits per heavy atom. The van der Waals surface area contributed by atoms with Crippen LogP contribution in [0.5, 0.6) is 0 Å². The lowest BCUT2D eigenvalue weighted by Gasteiger charge is -2.14. The molecule has 0 aliphatic rings. The molecule has 0 bridgehead atoms. The number of halogens is 6. The summed E-state index contributed by atoms with van der Waals surface area (Å²) in [4.78, 5) is 22.4. The maximum absolute atomic E-state index is 12.9. The summed E-state index contributed by atoms with van der Waals surface area (Å²) in [5.74, 6) is -1.11. The van der Waals surface area contributed by atoms with Crippen molar-refractivity contribution < 1.29 is 36.1 Å². The number of alkyl halides is 6. The number of hydrogen-bond donors (Lipinski definition) is 0. The van der Waals surface area contributed by atoms with Gasteiger partial charge in [-0.15, -0.1) is 0 Å². The van der Waals surface area contributed by atoms with Crippen LogP contribution in [0, 0.1) is 17.0 Å². The van der Waals surface area contributed by atoms with Crippen molar-refractivity contribution in [2.45, 2.75) is 19.3 Å². The van der Waals surface area contributed by atoms with Gasteiger partial charge in [0.2, 0.25) is 0 Å². The Balaban J connectivity index is 2.58. The summed E-state index contributed by atoms with van der Waals surface area (Å²) in [5.41, 5.74) is -4.60. The SMILES string of the molecule is Cc1cc(C(=O)c2cc(C(F)(F)F)cc(C(F)(F)F)c2)ccc1[N+](=O)[O-]. The lowest BCUT2D eigenvalue weighted by atomic mass is 9.97. The highest BCUT2D eigenvalue weighted by molar-refractivity contribution is 6.09. The van der Waals surface area contributed by atoms with E-state index in [4.69, 9.17) is 0 Å². The minimum absolute atomic E-state index is 0.0453. The number of aryl methyl sites for hydroxylation is 1. The van der Waals surface area contributed by atoms with Crippen LogP contribution >= 0.6 is 0 Å². The van der Waals surface area contributed by atoms with Crippen molar-refractivity contribution in [1.82, 2.24) is 0 Å². The number of rotatable bonds is 3. The molecule has 2 aromatic rings. The molecular weight excluding hydrogens is 368 g/mol. The fourth-order valence-electron chi connectivity index (χ4n) is 2.25. The van der Waals surface area contributed by atoms with Gasteiger partial charge in [-0.25, -0.2) is 0 Å². The summed E-state index contributed by atoms with van der Waals surface area (Å²) in [6, 6.07) is 3.51. The van der Waals surface area contributed by atoms with Crippen molar-refractivity contribution >= 4 is 11.5 Å². The minimum Gasteiger partial charge on any atom is -0.289 e. The van der Waals surface area contributed by atoms with E-state index in [1.54, 1.807) is 0 Å². The van der Waals surface area contributed by atoms with E-state index in [1.807, 2.05) is 0 Å². The number of ketones is 1. The van der Waals surface area contributed by atoms with Gasteiger partial charge < -0.3 is 0 Å². The summed E-state index contributed by atoms with van der Waals surface area (Å²) in [7, 11) is 0. The van der Waals surface area contributed by atoms with Gasteiger partial charge in [-0.3, -0.25) is 14.9 Å². The van der Waals surface area contributed by atoms with Crippen LogP contribution in [-0.2, 0) is 12.4 Å². The zero-order valence-corrected chi connectivity index (χ0v) is 12.9. The summed E-state index contributed by atoms with van der Waals surface area (Å²) in [6.07, 6.45) is -10.2. The van der Waals surface area contributed by atoms with E-state index in [0.29, 0.717) is 12.1 Å². The van der Waals surface area contributed by atoms with Crippen molar-refractivity contribution in [2.24, 2.45) is 0 Å². The Kier molecular flexibility index (Phi) is 4.80. The molecule has 4 nitrogen and oxygen atoms in total. The van der Waals surface area contributed by atoms with Gasteiger partial charge >= 0.3 is 12.4 Å². The van der Waals surface area contributed by atoms with E-state index in [1.165, 1.54) is 6.92 Å². The molecule has 0 saturated carbocycles. The van der Waals surface area contributed by atoms with Gasteiger partial charge in [-0.1, -0.05) is 0 Å². The van der Waals surface area contributed by atoms with E-state index >= 15 is 0 Å². The predicted octanol–water partition coefficient (Wildman–Crippen LogP) is 5.17. The lowest BCUT2D eigenvalue weighted by molar-refractivity contribution is -0.385. The molecule has 10 heteroatoms. The first-order valence-electron chi connectivity index (χ1n) is 6.90. The minimum atomic E-state index is -5.08. The summed E-state index contributed by atoms with van der Waals surface area (Å²) in [5, 5.41) is 10.8. The average molecular weight is 377 g/mol. The topological polar surface area (TPSA) is 60.2 Å². The lowest BCUT2D eigenvalue weighted by Crippen LogP contribution is -2.14. The van der Waals surface area contributed by atoms with Crippen LogP contribution in [-0.4, -0.2) is 10.7 Å². The third-order valence-electron chi connectivity index (χ3n) is 3.51. The average Bonchev–Trinajstić information content (AvgIpc) is 2.51. The fraction of sp³-hybridized carbons (Fsp3) is 0.188. The maximum atomic E-state index is 12.9. The van der Waals surface area contributed by atoms with Crippen molar-refractivity contribution in [2.75, 3.05) is 0 Å². The van der Waals surface area contributed by atoms with Crippen molar-refractivity contribution in [3.05, 3.63) is 74.3 Å². The van der Waals surface area contributed by atoms with Crippen LogP contribution in [0.2, 0.25) is 0 Å². The molecule has 0 saturated heterocycles. The van der Waals surface area contributed by atoms with Crippen LogP contribution in [0.25, 0.3) is 0 Å². The van der Waals surface area contributed by atoms with Crippen LogP contribution < -0.4 is 0 Å². The zero-order chi connectivity index (χ0) is 19.9. The number of nitrogens with zero attached hydrogens (tertiary/aromatic N) is 1. The molecule has 0 N–H and O–H groups in total. The maximum Gasteiger partial charge on any atom is 0.416 e. The molecule has 0 amide bonds. The van der Waals surface area contributed by atoms with Crippen LogP contribution in [0.4, 0.5) is 32.0 Å². The van der Waals surface area contributed by atoms with Crippen LogP contribution in [0.1, 0.15) is 32.6 Å². The van der Waals surface area contributed by atoms with Gasteiger partial charge in [0, 0.05) is 22.8 Å². The standard InChI is InChI=1S/C16H9F6NO3/c1-8-4-9(2-3-13(8)23(25)26)14(24)10-5-11(15(17,18)19)7-12(6-10)16(20,21)22/h2-7H,1H3. The van der Waals surface area contributed by atoms with Crippen molar-refractivity contribution in [1.29, 1.82) is 0 Å². The molecule has 0 aliphatic carbocycles. The predicted molar refractivity (Wildman–Crippen MR) is 77.7 cm³/mol. The number of carbonyl (C=O) groups is 1. The van der Waals surface area contributed by atoms with E-state index in [-0.39, 0.29) is 22.9 Å². The summed E-state index contributed by atoms with van der Waals surface area (Å²) >= 11 is 0. The monoisotopic (exact) mass is 377 g/mol. The molecule has 0 heterocycles. The number of hydrogen-bond acceptors (Lipinski definition) is 3. The Morgan fingerprint density at radius 2 is 1.38 bits per heavy atom. The highest BCUT2D eigenvalue weighted by Crippen LogP contribution is 2.36. The largest absolute Gasteiger partial charge is 0.416 e. The first-order valence-corrected chi connectivity index (χ1v) is 6.90. The first-order chi connectivity index (χ1) is 11.8. The molecule has 2 rings (SSSR count). The fourth-order valence-corrected chi connectivity index (χ4v) is 2.25. The van der Waals surface area contributed by atoms with E-state index in [2.05, 4.69) is 0 Å². The molecular formula is C16H9F6NO3. The molecule has 138 valence electrons. The third-order valence-corrected chi connectivity index (χ3v) is 3.51. The molecule has 0 aromatic heterocycles. The molecule has 0 atom stereocenters. The Labute approximate surface area is 142 Å². The zero-order valence-electron chi connectivity index (χ0n) is 12.9. The van der Waals surface area contributed by atoms with E-state index < -0.39 is 39.7 Å². The van der Waals surface area contributed by atoms with Crippen molar-refractivity contribution in [3.63, 3.8) is 0 Å². The molecule has 0 spiro atoms. The Hall–Kier alpha value is -2.91. The number of nitro benzene ring substituents is 1. The number of benzene rings is 2. The van der Waals surface area contributed by atoms with E-state index in [9.17, 15) is 41.3 Å². The van der Waals surface area contributed by atoms with Gasteiger partial charge in [-0.2, -0.15) is 26.3 Å².